The second-order valence-corrected chi connectivity index (χ2v) is 5.67. The van der Waals surface area contributed by atoms with Crippen LogP contribution in [0.3, 0.4) is 0 Å². The summed E-state index contributed by atoms with van der Waals surface area (Å²) in [6, 6.07) is 9.34. The summed E-state index contributed by atoms with van der Waals surface area (Å²) in [7, 11) is 0. The molecule has 0 amide bonds. The molecule has 1 aromatic heterocycles. The normalized spacial score (nSPS) is 10.9. The van der Waals surface area contributed by atoms with Crippen molar-refractivity contribution in [3.63, 3.8) is 0 Å². The maximum absolute atomic E-state index is 13.3. The first kappa shape index (κ1) is 13.3. The number of fused-ring (bicyclic) bond motifs is 1. The van der Waals surface area contributed by atoms with Crippen LogP contribution in [0.1, 0.15) is 15.9 Å². The van der Waals surface area contributed by atoms with Crippen LogP contribution >= 0.6 is 27.5 Å². The van der Waals surface area contributed by atoms with Gasteiger partial charge < -0.3 is 4.98 Å². The first-order valence-corrected chi connectivity index (χ1v) is 7.00. The van der Waals surface area contributed by atoms with Gasteiger partial charge in [0.25, 0.3) is 0 Å². The Balaban J connectivity index is 2.15. The number of hydrogen-bond acceptors (Lipinski definition) is 1. The molecule has 2 aromatic carbocycles. The summed E-state index contributed by atoms with van der Waals surface area (Å²) in [5, 5.41) is 0.907. The quantitative estimate of drug-likeness (QED) is 0.650. The predicted octanol–water partition coefficient (Wildman–Crippen LogP) is 4.95. The first-order chi connectivity index (χ1) is 9.56. The number of rotatable bonds is 2. The fourth-order valence-electron chi connectivity index (χ4n) is 2.10. The molecular weight excluding hydrogens is 345 g/mol. The largest absolute Gasteiger partial charge is 0.360 e. The fourth-order valence-corrected chi connectivity index (χ4v) is 2.86. The summed E-state index contributed by atoms with van der Waals surface area (Å²) in [5.41, 5.74) is 1.51. The zero-order valence-electron chi connectivity index (χ0n) is 10.1. The van der Waals surface area contributed by atoms with Crippen LogP contribution in [0, 0.1) is 5.82 Å². The van der Waals surface area contributed by atoms with Crippen LogP contribution < -0.4 is 0 Å². The van der Waals surface area contributed by atoms with E-state index in [0.717, 1.165) is 4.47 Å². The van der Waals surface area contributed by atoms with Crippen molar-refractivity contribution in [2.24, 2.45) is 0 Å². The van der Waals surface area contributed by atoms with E-state index in [1.807, 2.05) is 0 Å². The lowest BCUT2D eigenvalue weighted by Gasteiger charge is -2.03. The molecule has 3 rings (SSSR count). The van der Waals surface area contributed by atoms with E-state index in [2.05, 4.69) is 20.9 Å². The summed E-state index contributed by atoms with van der Waals surface area (Å²) in [6.45, 7) is 0. The van der Waals surface area contributed by atoms with Crippen molar-refractivity contribution in [1.29, 1.82) is 0 Å². The van der Waals surface area contributed by atoms with Gasteiger partial charge in [-0.1, -0.05) is 27.5 Å². The van der Waals surface area contributed by atoms with E-state index >= 15 is 0 Å². The highest BCUT2D eigenvalue weighted by atomic mass is 79.9. The van der Waals surface area contributed by atoms with Gasteiger partial charge in [0.2, 0.25) is 0 Å². The first-order valence-electron chi connectivity index (χ1n) is 5.82. The molecule has 1 heterocycles. The van der Waals surface area contributed by atoms with Crippen molar-refractivity contribution < 1.29 is 9.18 Å². The highest BCUT2D eigenvalue weighted by molar-refractivity contribution is 9.10. The molecule has 0 saturated heterocycles. The molecule has 0 aliphatic carbocycles. The van der Waals surface area contributed by atoms with Crippen LogP contribution in [0.25, 0.3) is 10.9 Å². The number of nitrogens with one attached hydrogen (secondary N) is 1. The minimum Gasteiger partial charge on any atom is -0.360 e. The van der Waals surface area contributed by atoms with E-state index in [0.29, 0.717) is 27.1 Å². The van der Waals surface area contributed by atoms with Crippen LogP contribution in [-0.4, -0.2) is 10.8 Å². The molecule has 0 atom stereocenters. The van der Waals surface area contributed by atoms with Crippen LogP contribution in [0.5, 0.6) is 0 Å². The number of carbonyl (C=O) groups excluding carboxylic acids is 1. The third-order valence-electron chi connectivity index (χ3n) is 3.06. The molecule has 0 spiro atoms. The van der Waals surface area contributed by atoms with Gasteiger partial charge in [0.05, 0.1) is 5.02 Å². The summed E-state index contributed by atoms with van der Waals surface area (Å²) in [6.07, 6.45) is 1.57. The minimum absolute atomic E-state index is 0.237. The molecule has 5 heteroatoms. The van der Waals surface area contributed by atoms with Gasteiger partial charge >= 0.3 is 0 Å². The van der Waals surface area contributed by atoms with Crippen molar-refractivity contribution in [3.8, 4) is 0 Å². The molecule has 0 unspecified atom stereocenters. The lowest BCUT2D eigenvalue weighted by Crippen LogP contribution is -2.01. The molecule has 1 N–H and O–H groups in total. The monoisotopic (exact) mass is 351 g/mol. The van der Waals surface area contributed by atoms with E-state index in [1.54, 1.807) is 30.5 Å². The van der Waals surface area contributed by atoms with E-state index in [9.17, 15) is 9.18 Å². The molecule has 0 aliphatic heterocycles. The third-order valence-corrected chi connectivity index (χ3v) is 3.87. The highest BCUT2D eigenvalue weighted by Crippen LogP contribution is 2.27. The zero-order valence-corrected chi connectivity index (χ0v) is 12.4. The Morgan fingerprint density at radius 2 is 1.95 bits per heavy atom. The lowest BCUT2D eigenvalue weighted by atomic mass is 10.0. The number of H-pyrrole nitrogens is 1. The molecule has 0 aliphatic rings. The van der Waals surface area contributed by atoms with E-state index in [4.69, 9.17) is 11.6 Å². The molecule has 2 nitrogen and oxygen atoms in total. The van der Waals surface area contributed by atoms with Crippen LogP contribution in [0.15, 0.2) is 47.1 Å². The number of ketones is 1. The summed E-state index contributed by atoms with van der Waals surface area (Å²) >= 11 is 9.38. The number of carbonyl (C=O) groups is 1. The van der Waals surface area contributed by atoms with E-state index in [1.165, 1.54) is 12.1 Å². The van der Waals surface area contributed by atoms with Crippen molar-refractivity contribution >= 4 is 44.2 Å². The average molecular weight is 353 g/mol. The smallest absolute Gasteiger partial charge is 0.196 e. The van der Waals surface area contributed by atoms with Gasteiger partial charge in [-0.25, -0.2) is 4.39 Å². The topological polar surface area (TPSA) is 32.9 Å². The molecule has 0 bridgehead atoms. The second-order valence-electron chi connectivity index (χ2n) is 4.35. The van der Waals surface area contributed by atoms with Crippen molar-refractivity contribution in [2.45, 2.75) is 0 Å². The summed E-state index contributed by atoms with van der Waals surface area (Å²) in [5.74, 6) is -0.618. The SMILES string of the molecule is O=C(c1ccc(Br)cc1Cl)c1c[nH]c2ccc(F)cc12. The molecule has 0 saturated carbocycles. The van der Waals surface area contributed by atoms with Gasteiger partial charge in [-0.2, -0.15) is 0 Å². The Morgan fingerprint density at radius 1 is 1.15 bits per heavy atom. The number of halogens is 3. The van der Waals surface area contributed by atoms with Crippen LogP contribution in [-0.2, 0) is 0 Å². The maximum Gasteiger partial charge on any atom is 0.196 e. The Morgan fingerprint density at radius 3 is 2.70 bits per heavy atom. The lowest BCUT2D eigenvalue weighted by molar-refractivity contribution is 0.104. The predicted molar refractivity (Wildman–Crippen MR) is 80.8 cm³/mol. The Hall–Kier alpha value is -1.65. The molecular formula is C15H8BrClFNO. The van der Waals surface area contributed by atoms with Crippen LogP contribution in [0.4, 0.5) is 4.39 Å². The zero-order chi connectivity index (χ0) is 14.3. The van der Waals surface area contributed by atoms with Crippen molar-refractivity contribution in [3.05, 3.63) is 69.0 Å². The van der Waals surface area contributed by atoms with Gasteiger partial charge in [0.1, 0.15) is 5.82 Å². The van der Waals surface area contributed by atoms with Gasteiger partial charge in [0.15, 0.2) is 5.78 Å². The third kappa shape index (κ3) is 2.25. The minimum atomic E-state index is -0.381. The van der Waals surface area contributed by atoms with Gasteiger partial charge in [0, 0.05) is 32.7 Å². The Bertz CT molecular complexity index is 828. The molecule has 100 valence electrons. The fraction of sp³-hybridized carbons (Fsp3) is 0. The maximum atomic E-state index is 13.3. The standard InChI is InChI=1S/C15H8BrClFNO/c16-8-1-3-10(13(17)5-8)15(20)12-7-19-14-4-2-9(18)6-11(12)14/h1-7,19H. The highest BCUT2D eigenvalue weighted by Gasteiger charge is 2.17. The Labute approximate surface area is 127 Å². The van der Waals surface area contributed by atoms with E-state index < -0.39 is 0 Å². The number of benzene rings is 2. The second kappa shape index (κ2) is 5.04. The summed E-state index contributed by atoms with van der Waals surface area (Å²) in [4.78, 5) is 15.5. The average Bonchev–Trinajstić information content (AvgIpc) is 2.81. The van der Waals surface area contributed by atoms with Crippen molar-refractivity contribution in [2.75, 3.05) is 0 Å². The van der Waals surface area contributed by atoms with Crippen molar-refractivity contribution in [1.82, 2.24) is 4.98 Å². The number of aromatic amines is 1. The van der Waals surface area contributed by atoms with E-state index in [-0.39, 0.29) is 11.6 Å². The number of aromatic nitrogens is 1. The van der Waals surface area contributed by atoms with Gasteiger partial charge in [-0.05, 0) is 36.4 Å². The van der Waals surface area contributed by atoms with Gasteiger partial charge in [-0.15, -0.1) is 0 Å². The number of hydrogen-bond donors (Lipinski definition) is 1. The van der Waals surface area contributed by atoms with Crippen LogP contribution in [0.2, 0.25) is 5.02 Å². The molecule has 20 heavy (non-hydrogen) atoms. The molecule has 0 radical (unpaired) electrons. The van der Waals surface area contributed by atoms with Gasteiger partial charge in [-0.3, -0.25) is 4.79 Å². The molecule has 0 fully saturated rings. The molecule has 3 aromatic rings. The Kier molecular flexibility index (Phi) is 3.36. The summed E-state index contributed by atoms with van der Waals surface area (Å²) < 4.78 is 14.1.